The summed E-state index contributed by atoms with van der Waals surface area (Å²) in [6.07, 6.45) is -15.9. The highest BCUT2D eigenvalue weighted by Crippen LogP contribution is 2.57. The Bertz CT molecular complexity index is 4970. The van der Waals surface area contributed by atoms with E-state index in [0.29, 0.717) is 6.42 Å². The quantitative estimate of drug-likeness (QED) is 0.0161. The van der Waals surface area contributed by atoms with E-state index in [1.165, 1.54) is 67.3 Å². The second-order valence-corrected chi connectivity index (χ2v) is 36.9. The van der Waals surface area contributed by atoms with Gasteiger partial charge in [0.05, 0.1) is 89.1 Å². The lowest BCUT2D eigenvalue weighted by Gasteiger charge is -2.30. The summed E-state index contributed by atoms with van der Waals surface area (Å²) in [6, 6.07) is 2.70. The summed E-state index contributed by atoms with van der Waals surface area (Å²) < 4.78 is 129. The van der Waals surface area contributed by atoms with Crippen LogP contribution in [0.25, 0.3) is 11.2 Å². The molecule has 6 aromatic rings. The van der Waals surface area contributed by atoms with E-state index < -0.39 is 205 Å². The Kier molecular flexibility index (Phi) is 29.3. The van der Waals surface area contributed by atoms with Crippen molar-refractivity contribution in [2.24, 2.45) is 17.6 Å². The first kappa shape index (κ1) is 87.4. The number of methoxy groups -OCH3 is 2. The maximum Gasteiger partial charge on any atom is 0.475 e. The molecule has 54 heteroatoms. The topological polar surface area (TPSA) is 611 Å². The van der Waals surface area contributed by atoms with Crippen molar-refractivity contribution >= 4 is 108 Å². The lowest BCUT2D eigenvalue weighted by atomic mass is 9.89. The van der Waals surface area contributed by atoms with Crippen LogP contribution in [0.2, 0.25) is 0 Å². The van der Waals surface area contributed by atoms with Crippen LogP contribution in [-0.4, -0.2) is 231 Å². The third kappa shape index (κ3) is 21.1. The molecule has 6 aromatic heterocycles. The fraction of sp³-hybridized carbons (Fsp3) is 0.638. The van der Waals surface area contributed by atoms with Gasteiger partial charge in [0.2, 0.25) is 5.95 Å². The zero-order valence-corrected chi connectivity index (χ0v) is 67.6. The zero-order chi connectivity index (χ0) is 80.9. The number of aliphatic hydroxyl groups excluding tert-OH is 1. The largest absolute Gasteiger partial charge is 0.475 e. The molecule has 0 spiro atoms. The number of rotatable bonds is 38. The number of aromatic nitrogens is 12. The maximum atomic E-state index is 15.3. The van der Waals surface area contributed by atoms with Crippen LogP contribution in [0.15, 0.2) is 81.3 Å². The van der Waals surface area contributed by atoms with Crippen molar-refractivity contribution in [2.75, 3.05) is 104 Å². The number of nitrogens with zero attached hydrogens (tertiary/aromatic N) is 9. The molecule has 5 aliphatic heterocycles. The summed E-state index contributed by atoms with van der Waals surface area (Å²) in [5.41, 5.74) is 17.3. The van der Waals surface area contributed by atoms with Gasteiger partial charge in [-0.25, -0.2) is 28.7 Å². The van der Waals surface area contributed by atoms with Crippen LogP contribution in [0.3, 0.4) is 0 Å². The van der Waals surface area contributed by atoms with E-state index in [4.69, 9.17) is 142 Å². The second-order valence-electron chi connectivity index (χ2n) is 26.0. The Balaban J connectivity index is 0.835. The monoisotopic (exact) mass is 1780 g/mol. The number of anilines is 3. The molecule has 0 radical (unpaired) electrons. The van der Waals surface area contributed by atoms with Crippen LogP contribution < -0.4 is 62.4 Å². The van der Waals surface area contributed by atoms with Gasteiger partial charge in [0.25, 0.3) is 16.7 Å². The molecule has 5 fully saturated rings. The first-order chi connectivity index (χ1) is 53.1. The number of nitrogens with one attached hydrogen (secondary N) is 3. The molecule has 0 bridgehead atoms. The summed E-state index contributed by atoms with van der Waals surface area (Å²) in [4.78, 5) is 150. The predicted molar refractivity (Wildman–Crippen MR) is 401 cm³/mol. The molecule has 112 heavy (non-hydrogen) atoms. The number of nitrogen functional groups attached to an aromatic ring is 3. The fourth-order valence-corrected chi connectivity index (χ4v) is 19.0. The molecular formula is C58H83BrN16O30P4S3. The highest BCUT2D eigenvalue weighted by atomic mass is 79.9. The van der Waals surface area contributed by atoms with Gasteiger partial charge in [-0.05, 0) is 88.7 Å². The average molecular weight is 1780 g/mol. The number of hydrogen-bond donors (Lipinski definition) is 11. The molecule has 0 saturated carbocycles. The molecule has 620 valence electrons. The molecule has 6 unspecified atom stereocenters. The first-order valence-corrected chi connectivity index (χ1v) is 44.2. The number of nitrogens with two attached hydrogens (primary N) is 4. The molecule has 46 nitrogen and oxygen atoms in total. The molecule has 21 atom stereocenters. The van der Waals surface area contributed by atoms with Gasteiger partial charge < -0.3 is 103 Å². The van der Waals surface area contributed by atoms with Crippen molar-refractivity contribution in [2.45, 2.75) is 138 Å². The van der Waals surface area contributed by atoms with E-state index in [0.717, 1.165) is 19.9 Å². The molecule has 0 aromatic carbocycles. The Morgan fingerprint density at radius 3 is 1.69 bits per heavy atom. The third-order valence-electron chi connectivity index (χ3n) is 18.3. The van der Waals surface area contributed by atoms with Gasteiger partial charge in [-0.15, -0.1) is 0 Å². The molecule has 5 aliphatic rings. The van der Waals surface area contributed by atoms with E-state index in [1.54, 1.807) is 0 Å². The smallest absolute Gasteiger partial charge is 0.394 e. The number of aromatic amines is 3. The Hall–Kier alpha value is -5.39. The minimum absolute atomic E-state index is 0.00598. The summed E-state index contributed by atoms with van der Waals surface area (Å²) >= 11 is 19.9. The molecule has 5 saturated heterocycles. The Morgan fingerprint density at radius 1 is 0.580 bits per heavy atom. The van der Waals surface area contributed by atoms with Gasteiger partial charge in [-0.1, -0.05) is 13.8 Å². The molecule has 0 amide bonds. The number of phosphoric ester groups is 1. The van der Waals surface area contributed by atoms with E-state index >= 15 is 4.57 Å². The SMILES string of the molecule is COC1[C@@H](OP(O)(=S)OC[C@H]2O[C@@H](n3cnc4c(=O)[nH]c(N)nc43)C[C@H]2OP(O)(=S)OC[C@H]2O[C@@H](n3cc(C)c(=O)[nH]c3=O)C[C@H]2OP(=O)(OCCOCCOCCN)OC[C@H]2O[C@@H](n3ccc(N)nc3=O)C[C@H]2C(C)C)[C@@H](COP(O)(=S)O[C@@H]2C(OC)[C@H](n3cc(Br)c(=O)[nH]c3=O)O[C@@H]2CO)O[C@H]1n1ccc(N)nc1=O. The Morgan fingerprint density at radius 2 is 1.09 bits per heavy atom. The fourth-order valence-electron chi connectivity index (χ4n) is 12.9. The number of imidazole rings is 1. The average Bonchev–Trinajstić information content (AvgIpc) is 1.62. The molecule has 15 N–H and O–H groups in total. The van der Waals surface area contributed by atoms with Crippen molar-refractivity contribution in [3.63, 3.8) is 0 Å². The molecule has 0 aliphatic carbocycles. The van der Waals surface area contributed by atoms with Crippen LogP contribution in [0.5, 0.6) is 0 Å². The highest BCUT2D eigenvalue weighted by Gasteiger charge is 2.54. The number of fused-ring (bicyclic) bond motifs is 1. The number of ether oxygens (including phenoxy) is 9. The van der Waals surface area contributed by atoms with E-state index in [2.05, 4.69) is 50.8 Å². The molecular weight excluding hydrogens is 1700 g/mol. The van der Waals surface area contributed by atoms with Gasteiger partial charge in [0.15, 0.2) is 23.6 Å². The minimum atomic E-state index is -4.88. The van der Waals surface area contributed by atoms with Gasteiger partial charge in [-0.3, -0.25) is 74.8 Å². The number of phosphoric acid groups is 1. The van der Waals surface area contributed by atoms with Gasteiger partial charge in [0.1, 0.15) is 85.3 Å². The van der Waals surface area contributed by atoms with Gasteiger partial charge in [-0.2, -0.15) is 15.0 Å². The number of hydrogen-bond acceptors (Lipinski definition) is 38. The minimum Gasteiger partial charge on any atom is -0.394 e. The van der Waals surface area contributed by atoms with Crippen LogP contribution in [0.1, 0.15) is 69.8 Å². The normalized spacial score (nSPS) is 28.9. The Labute approximate surface area is 656 Å². The third-order valence-corrected chi connectivity index (χ3v) is 25.0. The van der Waals surface area contributed by atoms with E-state index in [9.17, 15) is 53.3 Å². The van der Waals surface area contributed by atoms with Gasteiger partial charge >= 0.3 is 50.7 Å². The van der Waals surface area contributed by atoms with Crippen LogP contribution >= 0.6 is 43.9 Å². The van der Waals surface area contributed by atoms with Crippen LogP contribution in [-0.2, 0) is 123 Å². The van der Waals surface area contributed by atoms with Crippen molar-refractivity contribution in [3.05, 3.63) is 126 Å². The number of H-pyrrole nitrogens is 3. The molecule has 11 rings (SSSR count). The summed E-state index contributed by atoms with van der Waals surface area (Å²) in [5.74, 6) is -0.881. The summed E-state index contributed by atoms with van der Waals surface area (Å²) in [6.45, 7) is -12.2. The van der Waals surface area contributed by atoms with Crippen molar-refractivity contribution < 1.29 is 108 Å². The predicted octanol–water partition coefficient (Wildman–Crippen LogP) is -1.12. The maximum absolute atomic E-state index is 15.3. The van der Waals surface area contributed by atoms with Crippen molar-refractivity contribution in [1.82, 2.24) is 57.7 Å². The van der Waals surface area contributed by atoms with E-state index in [-0.39, 0.29) is 96.4 Å². The van der Waals surface area contributed by atoms with Crippen molar-refractivity contribution in [1.29, 1.82) is 0 Å². The summed E-state index contributed by atoms with van der Waals surface area (Å²) in [7, 11) is -2.48. The lowest BCUT2D eigenvalue weighted by molar-refractivity contribution is -0.0634. The zero-order valence-electron chi connectivity index (χ0n) is 60.0. The highest BCUT2D eigenvalue weighted by molar-refractivity contribution is 9.10. The second kappa shape index (κ2) is 37.5. The van der Waals surface area contributed by atoms with E-state index in [1.807, 2.05) is 13.8 Å². The molecule has 11 heterocycles. The number of halogens is 1. The standard InChI is InChI=1S/C58H83BrN16O30P4S3/c1-27(2)29-16-40(71-9-6-38(61)65-55(71)80)97-34(29)22-93-106(84,92-15-14-91-13-12-90-11-8-60)102-31-17-41(73-19-28(3)49(77)69-57(73)82)98-35(31)23-94-107(85,110)103-32-18-42(75-26-64-43-48(75)67-54(63)68-51(43)79)99-36(32)24-95-108(86,111)105-45-37(101-52(47(45)89-5)72-10-7-39(62)66-56(72)81)25-96-109(87,112)104-44-33(21-76)100-53(46(44)88-4)74-20-30(59)50(78)70-58(74)83/h6-7,9-10,19-20,26-27,29,31-37,40-42,44-47,52-53,76H,8,11-18,21-25,60H2,1-5H3,(H,85,110)(H,86,111)(H,87,112)(H2,61,65,80)(H2,62,66,81)(H,69,77,82)(H,70,78,83)(H3,63,67,68,79)/t29-,31+,32+,33+,34+,35+,36+,37+,40+,41+,42+,44-,45-,46?,47?,52+,53+,106?,107?,108?,109?/m0/s1. The summed E-state index contributed by atoms with van der Waals surface area (Å²) in [5, 5.41) is 10.4. The van der Waals surface area contributed by atoms with Crippen molar-refractivity contribution in [3.8, 4) is 0 Å². The van der Waals surface area contributed by atoms with Gasteiger partial charge in [0, 0.05) is 64.0 Å². The van der Waals surface area contributed by atoms with Crippen LogP contribution in [0.4, 0.5) is 17.6 Å². The number of aryl methyl sites for hydroxylation is 1. The first-order valence-electron chi connectivity index (χ1n) is 34.2. The lowest BCUT2D eigenvalue weighted by Crippen LogP contribution is -2.40. The van der Waals surface area contributed by atoms with Crippen LogP contribution in [0, 0.1) is 18.8 Å². The number of aliphatic hydroxyl groups is 1.